The molecule has 3 nitrogen and oxygen atoms in total. The number of alkyl halides is 3. The molecule has 0 spiro atoms. The molecule has 1 fully saturated rings. The zero-order chi connectivity index (χ0) is 19.4. The second kappa shape index (κ2) is 8.13. The van der Waals surface area contributed by atoms with Crippen LogP contribution in [-0.4, -0.2) is 36.6 Å². The number of rotatable bonds is 4. The first-order valence-electron chi connectivity index (χ1n) is 9.07. The molecule has 0 saturated carbocycles. The summed E-state index contributed by atoms with van der Waals surface area (Å²) in [7, 11) is 0. The summed E-state index contributed by atoms with van der Waals surface area (Å²) in [4.78, 5) is 14.8. The van der Waals surface area contributed by atoms with Crippen LogP contribution in [0.15, 0.2) is 48.5 Å². The monoisotopic (exact) mass is 377 g/mol. The molecule has 1 aliphatic rings. The van der Waals surface area contributed by atoms with E-state index in [1.165, 1.54) is 12.1 Å². The Morgan fingerprint density at radius 1 is 1.15 bits per heavy atom. The molecule has 0 N–H and O–H groups in total. The number of hydrogen-bond donors (Lipinski definition) is 0. The summed E-state index contributed by atoms with van der Waals surface area (Å²) in [6, 6.07) is 11.9. The Morgan fingerprint density at radius 2 is 1.85 bits per heavy atom. The van der Waals surface area contributed by atoms with Crippen molar-refractivity contribution < 1.29 is 22.7 Å². The third kappa shape index (κ3) is 4.50. The SMILES string of the molecule is CCO[C@@H]1CCCN(C(=O)c2ccccc2-c2ccc(C(F)(F)F)cc2)C1. The predicted molar refractivity (Wildman–Crippen MR) is 97.4 cm³/mol. The van der Waals surface area contributed by atoms with Gasteiger partial charge in [-0.3, -0.25) is 4.79 Å². The summed E-state index contributed by atoms with van der Waals surface area (Å²) in [5.74, 6) is -0.116. The molecule has 1 atom stereocenters. The molecule has 0 radical (unpaired) electrons. The van der Waals surface area contributed by atoms with Crippen molar-refractivity contribution in [2.24, 2.45) is 0 Å². The Hall–Kier alpha value is -2.34. The van der Waals surface area contributed by atoms with Gasteiger partial charge in [0.05, 0.1) is 11.7 Å². The number of hydrogen-bond acceptors (Lipinski definition) is 2. The van der Waals surface area contributed by atoms with Crippen LogP contribution in [0.1, 0.15) is 35.7 Å². The fourth-order valence-corrected chi connectivity index (χ4v) is 3.42. The van der Waals surface area contributed by atoms with Gasteiger partial charge >= 0.3 is 6.18 Å². The highest BCUT2D eigenvalue weighted by Crippen LogP contribution is 2.32. The minimum Gasteiger partial charge on any atom is -0.377 e. The molecule has 1 aliphatic heterocycles. The smallest absolute Gasteiger partial charge is 0.377 e. The Morgan fingerprint density at radius 3 is 2.52 bits per heavy atom. The molecule has 0 aromatic heterocycles. The lowest BCUT2D eigenvalue weighted by atomic mass is 9.97. The van der Waals surface area contributed by atoms with Crippen molar-refractivity contribution in [3.63, 3.8) is 0 Å². The average Bonchev–Trinajstić information content (AvgIpc) is 2.67. The molecule has 0 unspecified atom stereocenters. The number of benzene rings is 2. The second-order valence-corrected chi connectivity index (χ2v) is 6.59. The Labute approximate surface area is 156 Å². The zero-order valence-electron chi connectivity index (χ0n) is 15.1. The van der Waals surface area contributed by atoms with Crippen LogP contribution in [0.5, 0.6) is 0 Å². The normalized spacial score (nSPS) is 17.8. The van der Waals surface area contributed by atoms with E-state index in [0.717, 1.165) is 25.0 Å². The fourth-order valence-electron chi connectivity index (χ4n) is 3.42. The Kier molecular flexibility index (Phi) is 5.85. The second-order valence-electron chi connectivity index (χ2n) is 6.59. The molecule has 2 aromatic carbocycles. The van der Waals surface area contributed by atoms with Crippen LogP contribution in [0.3, 0.4) is 0 Å². The summed E-state index contributed by atoms with van der Waals surface area (Å²) in [6.45, 7) is 3.73. The maximum atomic E-state index is 13.1. The molecule has 0 bridgehead atoms. The van der Waals surface area contributed by atoms with Gasteiger partial charge in [0.25, 0.3) is 5.91 Å². The van der Waals surface area contributed by atoms with E-state index in [2.05, 4.69) is 0 Å². The maximum absolute atomic E-state index is 13.1. The van der Waals surface area contributed by atoms with Crippen molar-refractivity contribution in [3.8, 4) is 11.1 Å². The van der Waals surface area contributed by atoms with Crippen LogP contribution >= 0.6 is 0 Å². The molecular formula is C21H22F3NO2. The van der Waals surface area contributed by atoms with Crippen LogP contribution in [0.2, 0.25) is 0 Å². The third-order valence-corrected chi connectivity index (χ3v) is 4.75. The molecular weight excluding hydrogens is 355 g/mol. The molecule has 144 valence electrons. The van der Waals surface area contributed by atoms with Gasteiger partial charge in [-0.1, -0.05) is 30.3 Å². The van der Waals surface area contributed by atoms with E-state index >= 15 is 0 Å². The van der Waals surface area contributed by atoms with E-state index in [0.29, 0.717) is 36.4 Å². The van der Waals surface area contributed by atoms with Crippen molar-refractivity contribution in [3.05, 3.63) is 59.7 Å². The van der Waals surface area contributed by atoms with Gasteiger partial charge in [0.15, 0.2) is 0 Å². The van der Waals surface area contributed by atoms with Crippen LogP contribution < -0.4 is 0 Å². The van der Waals surface area contributed by atoms with Crippen molar-refractivity contribution in [2.45, 2.75) is 32.0 Å². The lowest BCUT2D eigenvalue weighted by Crippen LogP contribution is -2.43. The van der Waals surface area contributed by atoms with E-state index in [-0.39, 0.29) is 12.0 Å². The summed E-state index contributed by atoms with van der Waals surface area (Å²) in [5.41, 5.74) is 1.01. The zero-order valence-corrected chi connectivity index (χ0v) is 15.1. The number of ether oxygens (including phenoxy) is 1. The number of likely N-dealkylation sites (tertiary alicyclic amines) is 1. The topological polar surface area (TPSA) is 29.5 Å². The number of piperidine rings is 1. The van der Waals surface area contributed by atoms with Crippen molar-refractivity contribution in [2.75, 3.05) is 19.7 Å². The number of amides is 1. The molecule has 1 saturated heterocycles. The molecule has 1 amide bonds. The third-order valence-electron chi connectivity index (χ3n) is 4.75. The molecule has 0 aliphatic carbocycles. The van der Waals surface area contributed by atoms with Gasteiger partial charge in [-0.15, -0.1) is 0 Å². The van der Waals surface area contributed by atoms with E-state index < -0.39 is 11.7 Å². The van der Waals surface area contributed by atoms with Gasteiger partial charge in [0.2, 0.25) is 0 Å². The standard InChI is InChI=1S/C21H22F3NO2/c1-2-27-17-6-5-13-25(14-17)20(26)19-8-4-3-7-18(19)15-9-11-16(12-10-15)21(22,23)24/h3-4,7-12,17H,2,5-6,13-14H2,1H3/t17-/m1/s1. The molecule has 2 aromatic rings. The van der Waals surface area contributed by atoms with Crippen molar-refractivity contribution >= 4 is 5.91 Å². The van der Waals surface area contributed by atoms with Crippen LogP contribution in [0.4, 0.5) is 13.2 Å². The minimum atomic E-state index is -4.38. The molecule has 3 rings (SSSR count). The van der Waals surface area contributed by atoms with Gasteiger partial charge in [0, 0.05) is 25.3 Å². The van der Waals surface area contributed by atoms with Crippen LogP contribution in [-0.2, 0) is 10.9 Å². The largest absolute Gasteiger partial charge is 0.416 e. The van der Waals surface area contributed by atoms with E-state index in [9.17, 15) is 18.0 Å². The summed E-state index contributed by atoms with van der Waals surface area (Å²) in [6.07, 6.45) is -2.54. The summed E-state index contributed by atoms with van der Waals surface area (Å²) in [5, 5.41) is 0. The maximum Gasteiger partial charge on any atom is 0.416 e. The van der Waals surface area contributed by atoms with Gasteiger partial charge in [-0.05, 0) is 49.1 Å². The highest BCUT2D eigenvalue weighted by Gasteiger charge is 2.30. The summed E-state index contributed by atoms with van der Waals surface area (Å²) < 4.78 is 44.1. The predicted octanol–water partition coefficient (Wildman–Crippen LogP) is 5.01. The number of carbonyl (C=O) groups is 1. The first-order valence-corrected chi connectivity index (χ1v) is 9.07. The van der Waals surface area contributed by atoms with Crippen molar-refractivity contribution in [1.82, 2.24) is 4.90 Å². The van der Waals surface area contributed by atoms with E-state index in [4.69, 9.17) is 4.74 Å². The number of halogens is 3. The number of nitrogens with zero attached hydrogens (tertiary/aromatic N) is 1. The van der Waals surface area contributed by atoms with E-state index in [1.54, 1.807) is 29.2 Å². The molecule has 1 heterocycles. The van der Waals surface area contributed by atoms with Crippen LogP contribution in [0.25, 0.3) is 11.1 Å². The minimum absolute atomic E-state index is 0.0333. The highest BCUT2D eigenvalue weighted by molar-refractivity contribution is 6.01. The lowest BCUT2D eigenvalue weighted by Gasteiger charge is -2.33. The van der Waals surface area contributed by atoms with Gasteiger partial charge in [-0.25, -0.2) is 0 Å². The summed E-state index contributed by atoms with van der Waals surface area (Å²) >= 11 is 0. The van der Waals surface area contributed by atoms with Gasteiger partial charge < -0.3 is 9.64 Å². The lowest BCUT2D eigenvalue weighted by molar-refractivity contribution is -0.137. The quantitative estimate of drug-likeness (QED) is 0.749. The molecule has 6 heteroatoms. The Bertz CT molecular complexity index is 785. The van der Waals surface area contributed by atoms with Crippen molar-refractivity contribution in [1.29, 1.82) is 0 Å². The van der Waals surface area contributed by atoms with Gasteiger partial charge in [-0.2, -0.15) is 13.2 Å². The Balaban J connectivity index is 1.86. The average molecular weight is 377 g/mol. The number of carbonyl (C=O) groups excluding carboxylic acids is 1. The fraction of sp³-hybridized carbons (Fsp3) is 0.381. The van der Waals surface area contributed by atoms with E-state index in [1.807, 2.05) is 6.92 Å². The van der Waals surface area contributed by atoms with Gasteiger partial charge in [0.1, 0.15) is 0 Å². The highest BCUT2D eigenvalue weighted by atomic mass is 19.4. The first-order chi connectivity index (χ1) is 12.9. The molecule has 27 heavy (non-hydrogen) atoms. The first kappa shape index (κ1) is 19.4. The van der Waals surface area contributed by atoms with Crippen LogP contribution in [0, 0.1) is 0 Å².